The SMILES string of the molecule is C[C@H](NCC(=O)N1CCS(=O)(=O)CC1)c1ccccc1. The molecule has 20 heavy (non-hydrogen) atoms. The van der Waals surface area contributed by atoms with Gasteiger partial charge in [-0.1, -0.05) is 30.3 Å². The van der Waals surface area contributed by atoms with E-state index in [1.54, 1.807) is 4.90 Å². The van der Waals surface area contributed by atoms with Crippen LogP contribution < -0.4 is 5.32 Å². The number of rotatable bonds is 4. The second kappa shape index (κ2) is 6.37. The predicted molar refractivity (Wildman–Crippen MR) is 78.1 cm³/mol. The molecule has 1 atom stereocenters. The van der Waals surface area contributed by atoms with Crippen LogP contribution in [0.3, 0.4) is 0 Å². The summed E-state index contributed by atoms with van der Waals surface area (Å²) < 4.78 is 22.6. The number of nitrogens with zero attached hydrogens (tertiary/aromatic N) is 1. The zero-order chi connectivity index (χ0) is 14.6. The molecule has 1 aromatic carbocycles. The summed E-state index contributed by atoms with van der Waals surface area (Å²) in [5.74, 6) is 0.114. The third-order valence-corrected chi connectivity index (χ3v) is 5.17. The van der Waals surface area contributed by atoms with Crippen LogP contribution >= 0.6 is 0 Å². The highest BCUT2D eigenvalue weighted by Crippen LogP contribution is 2.11. The van der Waals surface area contributed by atoms with Gasteiger partial charge < -0.3 is 10.2 Å². The average Bonchev–Trinajstić information content (AvgIpc) is 2.45. The lowest BCUT2D eigenvalue weighted by atomic mass is 10.1. The summed E-state index contributed by atoms with van der Waals surface area (Å²) in [6.07, 6.45) is 0. The van der Waals surface area contributed by atoms with E-state index in [9.17, 15) is 13.2 Å². The topological polar surface area (TPSA) is 66.5 Å². The van der Waals surface area contributed by atoms with Crippen molar-refractivity contribution in [2.45, 2.75) is 13.0 Å². The summed E-state index contributed by atoms with van der Waals surface area (Å²) in [6, 6.07) is 9.99. The molecule has 0 aromatic heterocycles. The molecule has 0 spiro atoms. The summed E-state index contributed by atoms with van der Waals surface area (Å²) in [5.41, 5.74) is 1.13. The normalized spacial score (nSPS) is 19.6. The van der Waals surface area contributed by atoms with Gasteiger partial charge in [0.1, 0.15) is 0 Å². The molecule has 1 amide bonds. The van der Waals surface area contributed by atoms with Gasteiger partial charge in [-0.05, 0) is 12.5 Å². The van der Waals surface area contributed by atoms with Crippen LogP contribution in [-0.4, -0.2) is 50.4 Å². The Morgan fingerprint density at radius 1 is 1.25 bits per heavy atom. The Balaban J connectivity index is 1.81. The maximum atomic E-state index is 12.0. The smallest absolute Gasteiger partial charge is 0.236 e. The van der Waals surface area contributed by atoms with E-state index in [0.717, 1.165) is 5.56 Å². The van der Waals surface area contributed by atoms with Crippen molar-refractivity contribution in [3.63, 3.8) is 0 Å². The Labute approximate surface area is 119 Å². The van der Waals surface area contributed by atoms with Crippen LogP contribution in [0.1, 0.15) is 18.5 Å². The fourth-order valence-electron chi connectivity index (χ4n) is 2.17. The minimum absolute atomic E-state index is 0.0392. The van der Waals surface area contributed by atoms with Crippen LogP contribution in [0.25, 0.3) is 0 Å². The van der Waals surface area contributed by atoms with Gasteiger partial charge in [0.05, 0.1) is 18.1 Å². The van der Waals surface area contributed by atoms with Gasteiger partial charge in [-0.3, -0.25) is 4.79 Å². The Hall–Kier alpha value is -1.40. The molecule has 2 rings (SSSR count). The molecule has 0 radical (unpaired) electrons. The highest BCUT2D eigenvalue weighted by molar-refractivity contribution is 7.91. The highest BCUT2D eigenvalue weighted by atomic mass is 32.2. The van der Waals surface area contributed by atoms with Crippen molar-refractivity contribution in [2.75, 3.05) is 31.1 Å². The summed E-state index contributed by atoms with van der Waals surface area (Å²) in [4.78, 5) is 13.6. The molecule has 5 nitrogen and oxygen atoms in total. The molecule has 0 unspecified atom stereocenters. The number of carbonyl (C=O) groups is 1. The van der Waals surface area contributed by atoms with Gasteiger partial charge in [0.25, 0.3) is 0 Å². The lowest BCUT2D eigenvalue weighted by Gasteiger charge is -2.27. The average molecular weight is 296 g/mol. The van der Waals surface area contributed by atoms with Gasteiger partial charge in [-0.2, -0.15) is 0 Å². The van der Waals surface area contributed by atoms with Crippen molar-refractivity contribution in [2.24, 2.45) is 0 Å². The minimum Gasteiger partial charge on any atom is -0.340 e. The fourth-order valence-corrected chi connectivity index (χ4v) is 3.37. The summed E-state index contributed by atoms with van der Waals surface area (Å²) in [5, 5.41) is 3.18. The lowest BCUT2D eigenvalue weighted by molar-refractivity contribution is -0.130. The first kappa shape index (κ1) is 15.0. The van der Waals surface area contributed by atoms with Crippen LogP contribution in [0.5, 0.6) is 0 Å². The van der Waals surface area contributed by atoms with E-state index < -0.39 is 9.84 Å². The highest BCUT2D eigenvalue weighted by Gasteiger charge is 2.24. The molecule has 1 aliphatic heterocycles. The van der Waals surface area contributed by atoms with E-state index in [-0.39, 0.29) is 30.0 Å². The summed E-state index contributed by atoms with van der Waals surface area (Å²) in [6.45, 7) is 2.85. The molecule has 1 N–H and O–H groups in total. The lowest BCUT2D eigenvalue weighted by Crippen LogP contribution is -2.47. The number of benzene rings is 1. The van der Waals surface area contributed by atoms with E-state index >= 15 is 0 Å². The van der Waals surface area contributed by atoms with Crippen LogP contribution in [0.2, 0.25) is 0 Å². The number of hydrogen-bond donors (Lipinski definition) is 1. The predicted octanol–water partition coefficient (Wildman–Crippen LogP) is 0.594. The second-order valence-corrected chi connectivity index (χ2v) is 7.35. The Kier molecular flexibility index (Phi) is 4.77. The molecule has 1 aliphatic rings. The Bertz CT molecular complexity index is 543. The van der Waals surface area contributed by atoms with Crippen molar-refractivity contribution in [3.8, 4) is 0 Å². The molecule has 1 saturated heterocycles. The van der Waals surface area contributed by atoms with Crippen LogP contribution in [-0.2, 0) is 14.6 Å². The quantitative estimate of drug-likeness (QED) is 0.883. The van der Waals surface area contributed by atoms with E-state index in [0.29, 0.717) is 13.1 Å². The molecule has 1 aromatic rings. The van der Waals surface area contributed by atoms with Crippen LogP contribution in [0, 0.1) is 0 Å². The molecule has 0 aliphatic carbocycles. The first-order chi connectivity index (χ1) is 9.48. The third-order valence-electron chi connectivity index (χ3n) is 3.56. The number of carbonyl (C=O) groups excluding carboxylic acids is 1. The zero-order valence-electron chi connectivity index (χ0n) is 11.6. The molecular weight excluding hydrogens is 276 g/mol. The summed E-state index contributed by atoms with van der Waals surface area (Å²) in [7, 11) is -2.94. The van der Waals surface area contributed by atoms with Crippen molar-refractivity contribution in [3.05, 3.63) is 35.9 Å². The molecule has 110 valence electrons. The standard InChI is InChI=1S/C14H20N2O3S/c1-12(13-5-3-2-4-6-13)15-11-14(17)16-7-9-20(18,19)10-8-16/h2-6,12,15H,7-11H2,1H3/t12-/m0/s1. The Morgan fingerprint density at radius 2 is 1.85 bits per heavy atom. The van der Waals surface area contributed by atoms with E-state index in [2.05, 4.69) is 5.32 Å². The minimum atomic E-state index is -2.94. The Morgan fingerprint density at radius 3 is 2.45 bits per heavy atom. The van der Waals surface area contributed by atoms with Crippen molar-refractivity contribution in [1.29, 1.82) is 0 Å². The number of amides is 1. The van der Waals surface area contributed by atoms with Gasteiger partial charge in [0.15, 0.2) is 9.84 Å². The maximum Gasteiger partial charge on any atom is 0.236 e. The molecule has 1 fully saturated rings. The number of hydrogen-bond acceptors (Lipinski definition) is 4. The largest absolute Gasteiger partial charge is 0.340 e. The monoisotopic (exact) mass is 296 g/mol. The van der Waals surface area contributed by atoms with Gasteiger partial charge in [-0.25, -0.2) is 8.42 Å². The van der Waals surface area contributed by atoms with E-state index in [1.807, 2.05) is 37.3 Å². The molecular formula is C14H20N2O3S. The van der Waals surface area contributed by atoms with E-state index in [1.165, 1.54) is 0 Å². The number of sulfone groups is 1. The van der Waals surface area contributed by atoms with Gasteiger partial charge in [0.2, 0.25) is 5.91 Å². The van der Waals surface area contributed by atoms with Crippen molar-refractivity contribution in [1.82, 2.24) is 10.2 Å². The van der Waals surface area contributed by atoms with Crippen molar-refractivity contribution >= 4 is 15.7 Å². The third kappa shape index (κ3) is 4.05. The molecule has 1 heterocycles. The van der Waals surface area contributed by atoms with E-state index in [4.69, 9.17) is 0 Å². The maximum absolute atomic E-state index is 12.0. The molecule has 6 heteroatoms. The zero-order valence-corrected chi connectivity index (χ0v) is 12.4. The first-order valence-electron chi connectivity index (χ1n) is 6.74. The molecule has 0 bridgehead atoms. The fraction of sp³-hybridized carbons (Fsp3) is 0.500. The second-order valence-electron chi connectivity index (χ2n) is 5.05. The van der Waals surface area contributed by atoms with Crippen molar-refractivity contribution < 1.29 is 13.2 Å². The van der Waals surface area contributed by atoms with Gasteiger partial charge >= 0.3 is 0 Å². The summed E-state index contributed by atoms with van der Waals surface area (Å²) >= 11 is 0. The van der Waals surface area contributed by atoms with Crippen LogP contribution in [0.15, 0.2) is 30.3 Å². The number of nitrogens with one attached hydrogen (secondary N) is 1. The first-order valence-corrected chi connectivity index (χ1v) is 8.56. The van der Waals surface area contributed by atoms with Crippen LogP contribution in [0.4, 0.5) is 0 Å². The van der Waals surface area contributed by atoms with Gasteiger partial charge in [-0.15, -0.1) is 0 Å². The molecule has 0 saturated carbocycles. The van der Waals surface area contributed by atoms with Gasteiger partial charge in [0, 0.05) is 19.1 Å².